The van der Waals surface area contributed by atoms with Crippen LogP contribution in [0.2, 0.25) is 0 Å². The molecule has 0 radical (unpaired) electrons. The first-order chi connectivity index (χ1) is 16.1. The van der Waals surface area contributed by atoms with Crippen LogP contribution in [0.4, 0.5) is 4.39 Å². The third-order valence-electron chi connectivity index (χ3n) is 6.41. The van der Waals surface area contributed by atoms with E-state index in [1.807, 2.05) is 26.2 Å². The molecule has 6 nitrogen and oxygen atoms in total. The molecule has 0 saturated heterocycles. The summed E-state index contributed by atoms with van der Waals surface area (Å²) in [5, 5.41) is 3.41. The van der Waals surface area contributed by atoms with Crippen LogP contribution < -0.4 is 9.47 Å². The Labute approximate surface area is 199 Å². The Balaban J connectivity index is 1.67. The molecular formula is C27H31FN2O4. The highest BCUT2D eigenvalue weighted by atomic mass is 19.1. The van der Waals surface area contributed by atoms with E-state index in [9.17, 15) is 14.0 Å². The molecule has 1 aliphatic heterocycles. The Bertz CT molecular complexity index is 1140. The average Bonchev–Trinajstić information content (AvgIpc) is 2.76. The van der Waals surface area contributed by atoms with Crippen molar-refractivity contribution in [3.8, 4) is 11.5 Å². The molecule has 34 heavy (non-hydrogen) atoms. The van der Waals surface area contributed by atoms with Crippen molar-refractivity contribution in [1.82, 2.24) is 10.0 Å². The van der Waals surface area contributed by atoms with Gasteiger partial charge in [-0.25, -0.2) is 14.4 Å². The Morgan fingerprint density at radius 2 is 1.76 bits per heavy atom. The lowest BCUT2D eigenvalue weighted by Gasteiger charge is -2.44. The lowest BCUT2D eigenvalue weighted by Crippen LogP contribution is -2.49. The van der Waals surface area contributed by atoms with Gasteiger partial charge in [-0.2, -0.15) is 0 Å². The van der Waals surface area contributed by atoms with Gasteiger partial charge in [0.1, 0.15) is 12.4 Å². The minimum absolute atomic E-state index is 0.0325. The summed E-state index contributed by atoms with van der Waals surface area (Å²) in [4.78, 5) is 26.5. The number of carbonyl (C=O) groups is 2. The van der Waals surface area contributed by atoms with Gasteiger partial charge in [0, 0.05) is 44.1 Å². The van der Waals surface area contributed by atoms with Gasteiger partial charge in [0.2, 0.25) is 5.91 Å². The topological polar surface area (TPSA) is 59.1 Å². The van der Waals surface area contributed by atoms with Crippen molar-refractivity contribution < 1.29 is 23.5 Å². The van der Waals surface area contributed by atoms with Gasteiger partial charge in [0.15, 0.2) is 17.3 Å². The predicted molar refractivity (Wildman–Crippen MR) is 127 cm³/mol. The molecule has 1 aliphatic carbocycles. The molecule has 7 heteroatoms. The second-order valence-electron chi connectivity index (χ2n) is 9.94. The molecule has 2 aromatic rings. The predicted octanol–water partition coefficient (Wildman–Crippen LogP) is 4.85. The van der Waals surface area contributed by atoms with E-state index < -0.39 is 0 Å². The summed E-state index contributed by atoms with van der Waals surface area (Å²) < 4.78 is 24.6. The van der Waals surface area contributed by atoms with Crippen molar-refractivity contribution in [2.45, 2.75) is 45.6 Å². The molecular weight excluding hydrogens is 435 g/mol. The number of halogens is 1. The fourth-order valence-electron chi connectivity index (χ4n) is 4.91. The first-order valence-electron chi connectivity index (χ1n) is 11.4. The highest BCUT2D eigenvalue weighted by molar-refractivity contribution is 6.02. The van der Waals surface area contributed by atoms with E-state index in [0.717, 1.165) is 22.4 Å². The zero-order valence-corrected chi connectivity index (χ0v) is 20.4. The van der Waals surface area contributed by atoms with Crippen molar-refractivity contribution in [2.24, 2.45) is 5.41 Å². The van der Waals surface area contributed by atoms with Gasteiger partial charge in [0.25, 0.3) is 0 Å². The van der Waals surface area contributed by atoms with E-state index >= 15 is 0 Å². The zero-order valence-electron chi connectivity index (χ0n) is 20.4. The van der Waals surface area contributed by atoms with Crippen molar-refractivity contribution in [3.63, 3.8) is 0 Å². The minimum Gasteiger partial charge on any atom is -0.493 e. The van der Waals surface area contributed by atoms with Crippen LogP contribution in [0.25, 0.3) is 0 Å². The highest BCUT2D eigenvalue weighted by Crippen LogP contribution is 2.48. The molecule has 0 spiro atoms. The van der Waals surface area contributed by atoms with Gasteiger partial charge in [-0.15, -0.1) is 0 Å². The lowest BCUT2D eigenvalue weighted by molar-refractivity contribution is -0.143. The number of rotatable bonds is 6. The summed E-state index contributed by atoms with van der Waals surface area (Å²) in [6, 6.07) is 11.7. The van der Waals surface area contributed by atoms with Gasteiger partial charge < -0.3 is 9.47 Å². The molecule has 4 rings (SSSR count). The van der Waals surface area contributed by atoms with E-state index in [4.69, 9.17) is 9.47 Å². The van der Waals surface area contributed by atoms with Crippen LogP contribution in [0, 0.1) is 11.2 Å². The van der Waals surface area contributed by atoms with E-state index in [2.05, 4.69) is 13.8 Å². The van der Waals surface area contributed by atoms with E-state index in [1.165, 1.54) is 12.1 Å². The van der Waals surface area contributed by atoms with Crippen molar-refractivity contribution in [2.75, 3.05) is 21.2 Å². The summed E-state index contributed by atoms with van der Waals surface area (Å²) in [5.41, 5.74) is 2.98. The van der Waals surface area contributed by atoms with E-state index in [1.54, 1.807) is 35.3 Å². The van der Waals surface area contributed by atoms with Gasteiger partial charge in [0.05, 0.1) is 7.11 Å². The van der Waals surface area contributed by atoms with Gasteiger partial charge in [-0.1, -0.05) is 32.0 Å². The number of ether oxygens (including phenoxy) is 2. The SMILES string of the molecule is COc1cc(C2CC(=O)N(N(C)C)C3=C2C(=O)CC(C)(C)C3)ccc1OCc1ccc(F)cc1. The molecule has 0 N–H and O–H groups in total. The monoisotopic (exact) mass is 466 g/mol. The third-order valence-corrected chi connectivity index (χ3v) is 6.41. The second-order valence-corrected chi connectivity index (χ2v) is 9.94. The zero-order chi connectivity index (χ0) is 24.6. The van der Waals surface area contributed by atoms with Crippen molar-refractivity contribution in [1.29, 1.82) is 0 Å². The van der Waals surface area contributed by atoms with Crippen LogP contribution in [0.1, 0.15) is 50.2 Å². The number of allylic oxidation sites excluding steroid dienone is 2. The van der Waals surface area contributed by atoms with Crippen LogP contribution in [-0.4, -0.2) is 42.9 Å². The summed E-state index contributed by atoms with van der Waals surface area (Å²) in [7, 11) is 5.21. The number of Topliss-reactive ketones (excluding diaryl/α,β-unsaturated/α-hetero) is 1. The minimum atomic E-state index is -0.331. The normalized spacial score (nSPS) is 20.0. The molecule has 1 atom stereocenters. The average molecular weight is 467 g/mol. The maximum atomic E-state index is 13.3. The lowest BCUT2D eigenvalue weighted by atomic mass is 9.69. The summed E-state index contributed by atoms with van der Waals surface area (Å²) in [6.45, 7) is 4.39. The third kappa shape index (κ3) is 4.71. The Kier molecular flexibility index (Phi) is 6.49. The van der Waals surface area contributed by atoms with Crippen LogP contribution >= 0.6 is 0 Å². The molecule has 1 heterocycles. The number of carbonyl (C=O) groups excluding carboxylic acids is 2. The van der Waals surface area contributed by atoms with Gasteiger partial charge in [-0.05, 0) is 47.2 Å². The largest absolute Gasteiger partial charge is 0.493 e. The number of nitrogens with zero attached hydrogens (tertiary/aromatic N) is 2. The first kappa shape index (κ1) is 24.0. The first-order valence-corrected chi connectivity index (χ1v) is 11.4. The fourth-order valence-corrected chi connectivity index (χ4v) is 4.91. The number of hydrazine groups is 1. The molecule has 0 aromatic heterocycles. The summed E-state index contributed by atoms with van der Waals surface area (Å²) >= 11 is 0. The van der Waals surface area contributed by atoms with Crippen LogP contribution in [0.5, 0.6) is 11.5 Å². The van der Waals surface area contributed by atoms with E-state index in [-0.39, 0.29) is 41.9 Å². The standard InChI is InChI=1S/C27H31FN2O4/c1-27(2)14-21-26(22(31)15-27)20(13-25(32)30(21)29(3)4)18-8-11-23(24(12-18)33-5)34-16-17-6-9-19(28)10-7-17/h6-12,20H,13-16H2,1-5H3. The second kappa shape index (κ2) is 9.22. The molecule has 1 unspecified atom stereocenters. The molecule has 0 saturated carbocycles. The van der Waals surface area contributed by atoms with Crippen molar-refractivity contribution >= 4 is 11.7 Å². The number of hydrogen-bond donors (Lipinski definition) is 0. The summed E-state index contributed by atoms with van der Waals surface area (Å²) in [5.74, 6) is 0.490. The fraction of sp³-hybridized carbons (Fsp3) is 0.407. The van der Waals surface area contributed by atoms with E-state index in [0.29, 0.717) is 24.3 Å². The molecule has 180 valence electrons. The molecule has 1 amide bonds. The maximum Gasteiger partial charge on any atom is 0.242 e. The van der Waals surface area contributed by atoms with Crippen LogP contribution in [0.15, 0.2) is 53.7 Å². The van der Waals surface area contributed by atoms with Gasteiger partial charge in [-0.3, -0.25) is 9.59 Å². The smallest absolute Gasteiger partial charge is 0.242 e. The maximum absolute atomic E-state index is 13.3. The van der Waals surface area contributed by atoms with Crippen LogP contribution in [-0.2, 0) is 16.2 Å². The van der Waals surface area contributed by atoms with Crippen LogP contribution in [0.3, 0.4) is 0 Å². The number of amides is 1. The number of benzene rings is 2. The summed E-state index contributed by atoms with van der Waals surface area (Å²) in [6.07, 6.45) is 1.32. The highest BCUT2D eigenvalue weighted by Gasteiger charge is 2.44. The quantitative estimate of drug-likeness (QED) is 0.609. The number of methoxy groups -OCH3 is 1. The van der Waals surface area contributed by atoms with Gasteiger partial charge >= 0.3 is 0 Å². The Morgan fingerprint density at radius 3 is 2.41 bits per heavy atom. The number of ketones is 1. The molecule has 0 bridgehead atoms. The van der Waals surface area contributed by atoms with Crippen molar-refractivity contribution in [3.05, 3.63) is 70.7 Å². The molecule has 0 fully saturated rings. The Morgan fingerprint density at radius 1 is 1.06 bits per heavy atom. The molecule has 2 aliphatic rings. The Hall–Kier alpha value is -3.19. The molecule has 2 aromatic carbocycles. The number of hydrogen-bond acceptors (Lipinski definition) is 5.